The molecule has 10 N–H and O–H groups in total. The Hall–Kier alpha value is -8.55. The molecule has 13 heteroatoms. The van der Waals surface area contributed by atoms with Gasteiger partial charge in [-0.3, -0.25) is 4.79 Å². The number of benzene rings is 7. The van der Waals surface area contributed by atoms with Crippen molar-refractivity contribution in [1.82, 2.24) is 0 Å². The molecule has 7 aromatic rings. The molecule has 0 unspecified atom stereocenters. The first kappa shape index (κ1) is 41.9. The highest BCUT2D eigenvalue weighted by atomic mass is 16.5. The maximum absolute atomic E-state index is 15.6. The summed E-state index contributed by atoms with van der Waals surface area (Å²) in [5.41, 5.74) is 2.42. The van der Waals surface area contributed by atoms with Crippen LogP contribution in [-0.4, -0.2) is 62.4 Å². The fourth-order valence-corrected chi connectivity index (χ4v) is 12.3. The third-order valence-electron chi connectivity index (χ3n) is 14.8. The van der Waals surface area contributed by atoms with Crippen molar-refractivity contribution in [2.75, 3.05) is 0 Å². The van der Waals surface area contributed by atoms with E-state index in [4.69, 9.17) is 9.47 Å². The third-order valence-corrected chi connectivity index (χ3v) is 14.8. The van der Waals surface area contributed by atoms with Crippen LogP contribution >= 0.6 is 0 Å². The molecule has 0 saturated carbocycles. The summed E-state index contributed by atoms with van der Waals surface area (Å²) < 4.78 is 13.5. The Balaban J connectivity index is 1.20. The molecule has 5 aliphatic rings. The van der Waals surface area contributed by atoms with Gasteiger partial charge in [-0.25, -0.2) is 0 Å². The van der Waals surface area contributed by atoms with Crippen molar-refractivity contribution in [1.29, 1.82) is 0 Å². The van der Waals surface area contributed by atoms with E-state index in [9.17, 15) is 51.1 Å². The first-order valence-corrected chi connectivity index (χ1v) is 22.4. The van der Waals surface area contributed by atoms with Crippen molar-refractivity contribution >= 4 is 5.78 Å². The van der Waals surface area contributed by atoms with Crippen LogP contribution in [0.15, 0.2) is 163 Å². The molecule has 12 rings (SSSR count). The zero-order chi connectivity index (χ0) is 47.8. The van der Waals surface area contributed by atoms with Gasteiger partial charge in [0, 0.05) is 64.6 Å². The van der Waals surface area contributed by atoms with E-state index in [0.717, 1.165) is 0 Å². The summed E-state index contributed by atoms with van der Waals surface area (Å²) >= 11 is 0. The van der Waals surface area contributed by atoms with Gasteiger partial charge in [0.1, 0.15) is 75.5 Å². The van der Waals surface area contributed by atoms with E-state index < -0.39 is 59.1 Å². The van der Waals surface area contributed by atoms with Crippen molar-refractivity contribution in [3.05, 3.63) is 213 Å². The number of phenols is 9. The smallest absolute Gasteiger partial charge is 0.186 e. The van der Waals surface area contributed by atoms with Gasteiger partial charge in [0.2, 0.25) is 0 Å². The molecule has 344 valence electrons. The zero-order valence-corrected chi connectivity index (χ0v) is 36.2. The first-order valence-electron chi connectivity index (χ1n) is 22.4. The predicted octanol–water partition coefficient (Wildman–Crippen LogP) is 8.99. The molecular formula is C56H42O13. The molecule has 3 aliphatic carbocycles. The molecule has 69 heavy (non-hydrogen) atoms. The molecule has 0 bridgehead atoms. The van der Waals surface area contributed by atoms with Gasteiger partial charge in [-0.2, -0.15) is 0 Å². The summed E-state index contributed by atoms with van der Waals surface area (Å²) in [5.74, 6) is -7.68. The van der Waals surface area contributed by atoms with Crippen molar-refractivity contribution < 1.29 is 65.3 Å². The van der Waals surface area contributed by atoms with Gasteiger partial charge < -0.3 is 60.5 Å². The van der Waals surface area contributed by atoms with Gasteiger partial charge in [0.25, 0.3) is 0 Å². The number of fused-ring (bicyclic) bond motifs is 3. The monoisotopic (exact) mass is 922 g/mol. The standard InChI is InChI=1S/C56H42O13/c57-30-9-1-25(2-10-30)44-47-39(21-36(63)22-40(47)65)52-55(28-7-15-33(60)16-8-28)69-43-24-41(66)50-49(45(26-3-11-31(58)12-4-26)51(44)53(50)56(43,52)67)38-20-37(64)23-42-48(38)46(29-17-34(61)19-35(62)18-29)54(68-42)27-5-13-32(59)14-6-27/h1-24,44-46,49,51-52,54-55,57-65,67H/t44-,45-,46-,49-,51+,52+,54+,55+,56-/m0/s1. The molecule has 0 amide bonds. The second kappa shape index (κ2) is 15.0. The summed E-state index contributed by atoms with van der Waals surface area (Å²) in [6.45, 7) is 0. The Kier molecular flexibility index (Phi) is 9.08. The lowest BCUT2D eigenvalue weighted by Gasteiger charge is -2.37. The maximum Gasteiger partial charge on any atom is 0.186 e. The molecule has 2 heterocycles. The fourth-order valence-electron chi connectivity index (χ4n) is 12.3. The second-order valence-electron chi connectivity index (χ2n) is 18.6. The SMILES string of the molecule is O=C1C=C2O[C@H](c3ccc(O)cc3)[C@H]3c4cc(O)cc(O)c4[C@H](c4ccc(O)cc4)[C@H]4C(=C1[C@@H](c1cc(O)cc5c1[C@H](c1cc(O)cc(O)c1)[C@@H](c1ccc(O)cc1)O5)[C@@H]4c1ccc(O)cc1)[C@]23O. The molecule has 13 nitrogen and oxygen atoms in total. The fraction of sp³-hybridized carbons (Fsp3) is 0.161. The number of carbonyl (C=O) groups excluding carboxylic acids is 1. The third kappa shape index (κ3) is 6.23. The highest BCUT2D eigenvalue weighted by molar-refractivity contribution is 6.09. The number of hydrogen-bond acceptors (Lipinski definition) is 13. The number of aliphatic hydroxyl groups is 1. The van der Waals surface area contributed by atoms with E-state index in [-0.39, 0.29) is 74.4 Å². The van der Waals surface area contributed by atoms with Gasteiger partial charge in [0.05, 0.1) is 11.8 Å². The van der Waals surface area contributed by atoms with E-state index in [1.165, 1.54) is 91.0 Å². The maximum atomic E-state index is 15.6. The van der Waals surface area contributed by atoms with Gasteiger partial charge in [-0.1, -0.05) is 48.5 Å². The van der Waals surface area contributed by atoms with E-state index in [2.05, 4.69) is 0 Å². The second-order valence-corrected chi connectivity index (χ2v) is 18.6. The molecule has 2 aliphatic heterocycles. The molecule has 0 aromatic heterocycles. The summed E-state index contributed by atoms with van der Waals surface area (Å²) in [4.78, 5) is 15.6. The van der Waals surface area contributed by atoms with Gasteiger partial charge in [-0.15, -0.1) is 0 Å². The summed E-state index contributed by atoms with van der Waals surface area (Å²) in [7, 11) is 0. The number of rotatable bonds is 6. The Morgan fingerprint density at radius 2 is 0.928 bits per heavy atom. The van der Waals surface area contributed by atoms with Crippen LogP contribution in [-0.2, 0) is 9.53 Å². The summed E-state index contributed by atoms with van der Waals surface area (Å²) in [6.07, 6.45) is -0.668. The minimum Gasteiger partial charge on any atom is -0.508 e. The number of aromatic hydroxyl groups is 9. The minimum atomic E-state index is -2.16. The Labute approximate surface area is 393 Å². The Bertz CT molecular complexity index is 3320. The van der Waals surface area contributed by atoms with Crippen molar-refractivity contribution in [2.45, 2.75) is 47.4 Å². The molecule has 0 radical (unpaired) electrons. The molecular weight excluding hydrogens is 881 g/mol. The van der Waals surface area contributed by atoms with Gasteiger partial charge in [0.15, 0.2) is 11.4 Å². The molecule has 9 atom stereocenters. The van der Waals surface area contributed by atoms with E-state index >= 15 is 4.79 Å². The molecule has 1 fully saturated rings. The molecule has 0 spiro atoms. The van der Waals surface area contributed by atoms with Crippen molar-refractivity contribution in [3.8, 4) is 57.5 Å². The largest absolute Gasteiger partial charge is 0.508 e. The first-order chi connectivity index (χ1) is 33.2. The topological polar surface area (TPSA) is 238 Å². The van der Waals surface area contributed by atoms with Crippen LogP contribution in [0.5, 0.6) is 57.5 Å². The Morgan fingerprint density at radius 1 is 0.420 bits per heavy atom. The lowest BCUT2D eigenvalue weighted by atomic mass is 9.66. The minimum absolute atomic E-state index is 0.00260. The predicted molar refractivity (Wildman–Crippen MR) is 248 cm³/mol. The van der Waals surface area contributed by atoms with Crippen LogP contribution in [0.2, 0.25) is 0 Å². The highest BCUT2D eigenvalue weighted by Gasteiger charge is 2.68. The van der Waals surface area contributed by atoms with Gasteiger partial charge >= 0.3 is 0 Å². The summed E-state index contributed by atoms with van der Waals surface area (Å²) in [6, 6.07) is 35.3. The number of allylic oxidation sites excluding steroid dienone is 2. The van der Waals surface area contributed by atoms with E-state index in [1.54, 1.807) is 54.6 Å². The number of hydrogen-bond donors (Lipinski definition) is 10. The van der Waals surface area contributed by atoms with Crippen LogP contribution in [0.25, 0.3) is 0 Å². The Morgan fingerprint density at radius 3 is 1.52 bits per heavy atom. The van der Waals surface area contributed by atoms with Crippen molar-refractivity contribution in [3.63, 3.8) is 0 Å². The molecule has 1 saturated heterocycles. The summed E-state index contributed by atoms with van der Waals surface area (Å²) in [5, 5.41) is 114. The highest BCUT2D eigenvalue weighted by Crippen LogP contribution is 2.73. The number of phenolic OH excluding ortho intramolecular Hbond substituents is 9. The number of ketones is 1. The van der Waals surface area contributed by atoms with Crippen molar-refractivity contribution in [2.24, 2.45) is 5.92 Å². The van der Waals surface area contributed by atoms with E-state index in [0.29, 0.717) is 50.1 Å². The lowest BCUT2D eigenvalue weighted by Crippen LogP contribution is -2.41. The normalized spacial score (nSPS) is 26.0. The zero-order valence-electron chi connectivity index (χ0n) is 36.2. The van der Waals surface area contributed by atoms with Gasteiger partial charge in [-0.05, 0) is 117 Å². The average molecular weight is 923 g/mol. The van der Waals surface area contributed by atoms with E-state index in [1.807, 2.05) is 0 Å². The lowest BCUT2D eigenvalue weighted by molar-refractivity contribution is -0.112. The quantitative estimate of drug-likeness (QED) is 0.0750. The van der Waals surface area contributed by atoms with Crippen LogP contribution < -0.4 is 4.74 Å². The van der Waals surface area contributed by atoms with Crippen LogP contribution in [0.4, 0.5) is 0 Å². The average Bonchev–Trinajstić information content (AvgIpc) is 3.95. The number of ether oxygens (including phenoxy) is 2. The van der Waals surface area contributed by atoms with Crippen LogP contribution in [0.3, 0.4) is 0 Å². The van der Waals surface area contributed by atoms with Crippen LogP contribution in [0.1, 0.15) is 91.9 Å². The van der Waals surface area contributed by atoms with Crippen LogP contribution in [0, 0.1) is 5.92 Å². The number of carbonyl (C=O) groups is 1. The molecule has 7 aromatic carbocycles.